The minimum absolute atomic E-state index is 0.0608. The van der Waals surface area contributed by atoms with Gasteiger partial charge in [-0.3, -0.25) is 4.79 Å². The molecule has 0 atom stereocenters. The Morgan fingerprint density at radius 2 is 2.14 bits per heavy atom. The lowest BCUT2D eigenvalue weighted by molar-refractivity contribution is 0.0715. The van der Waals surface area contributed by atoms with E-state index in [1.165, 1.54) is 11.3 Å². The molecule has 1 saturated heterocycles. The maximum atomic E-state index is 12.5. The zero-order chi connectivity index (χ0) is 15.7. The molecule has 1 aliphatic rings. The fourth-order valence-electron chi connectivity index (χ4n) is 3.01. The number of imidazole rings is 1. The molecule has 6 heteroatoms. The van der Waals surface area contributed by atoms with E-state index in [0.717, 1.165) is 31.8 Å². The highest BCUT2D eigenvalue weighted by molar-refractivity contribution is 7.12. The van der Waals surface area contributed by atoms with Gasteiger partial charge in [0, 0.05) is 37.4 Å². The number of piperidine rings is 1. The maximum absolute atomic E-state index is 12.5. The lowest BCUT2D eigenvalue weighted by Gasteiger charge is -2.32. The van der Waals surface area contributed by atoms with Crippen LogP contribution in [0.4, 0.5) is 0 Å². The quantitative estimate of drug-likeness (QED) is 0.841. The molecule has 2 aromatic heterocycles. The van der Waals surface area contributed by atoms with E-state index in [1.54, 1.807) is 6.07 Å². The number of aromatic nitrogens is 2. The first kappa shape index (κ1) is 15.6. The van der Waals surface area contributed by atoms with Gasteiger partial charge in [-0.25, -0.2) is 4.98 Å². The molecule has 0 radical (unpaired) electrons. The molecule has 0 aliphatic carbocycles. The van der Waals surface area contributed by atoms with Crippen LogP contribution in [0.5, 0.6) is 0 Å². The normalized spacial score (nSPS) is 16.5. The van der Waals surface area contributed by atoms with Crippen molar-refractivity contribution in [3.8, 4) is 0 Å². The average Bonchev–Trinajstić information content (AvgIpc) is 3.15. The lowest BCUT2D eigenvalue weighted by Crippen LogP contribution is -2.38. The Hall–Kier alpha value is -1.33. The number of rotatable bonds is 3. The predicted molar refractivity (Wildman–Crippen MR) is 89.8 cm³/mol. The van der Waals surface area contributed by atoms with Crippen molar-refractivity contribution in [1.82, 2.24) is 14.5 Å². The summed E-state index contributed by atoms with van der Waals surface area (Å²) in [6, 6.07) is 2.20. The van der Waals surface area contributed by atoms with E-state index in [1.807, 2.05) is 22.7 Å². The standard InChI is InChI=1S/C16H20ClN3OS/c1-11(2)20-9-6-18-15(20)12-3-7-19(8-4-12)16(21)14-13(17)5-10-22-14/h5-6,9-12H,3-4,7-8H2,1-2H3. The molecule has 0 aromatic carbocycles. The van der Waals surface area contributed by atoms with Gasteiger partial charge < -0.3 is 9.47 Å². The number of hydrogen-bond acceptors (Lipinski definition) is 3. The van der Waals surface area contributed by atoms with Crippen molar-refractivity contribution in [2.45, 2.75) is 38.6 Å². The third-order valence-electron chi connectivity index (χ3n) is 4.21. The molecule has 0 saturated carbocycles. The molecule has 118 valence electrons. The molecule has 1 aliphatic heterocycles. The van der Waals surface area contributed by atoms with Crippen molar-refractivity contribution in [2.24, 2.45) is 0 Å². The molecule has 22 heavy (non-hydrogen) atoms. The molecule has 3 rings (SSSR count). The van der Waals surface area contributed by atoms with Gasteiger partial charge in [-0.2, -0.15) is 0 Å². The van der Waals surface area contributed by atoms with Gasteiger partial charge in [0.25, 0.3) is 5.91 Å². The Labute approximate surface area is 139 Å². The van der Waals surface area contributed by atoms with E-state index in [9.17, 15) is 4.79 Å². The SMILES string of the molecule is CC(C)n1ccnc1C1CCN(C(=O)c2sccc2Cl)CC1. The van der Waals surface area contributed by atoms with Crippen molar-refractivity contribution in [3.05, 3.63) is 39.6 Å². The Balaban J connectivity index is 1.67. The Morgan fingerprint density at radius 3 is 2.73 bits per heavy atom. The number of hydrogen-bond donors (Lipinski definition) is 0. The summed E-state index contributed by atoms with van der Waals surface area (Å²) in [7, 11) is 0. The van der Waals surface area contributed by atoms with Crippen LogP contribution in [0.15, 0.2) is 23.8 Å². The van der Waals surface area contributed by atoms with Crippen LogP contribution in [-0.4, -0.2) is 33.4 Å². The van der Waals surface area contributed by atoms with Gasteiger partial charge in [0.15, 0.2) is 0 Å². The number of amides is 1. The Kier molecular flexibility index (Phi) is 4.54. The fraction of sp³-hybridized carbons (Fsp3) is 0.500. The van der Waals surface area contributed by atoms with Crippen LogP contribution in [0.2, 0.25) is 5.02 Å². The van der Waals surface area contributed by atoms with E-state index in [0.29, 0.717) is 21.9 Å². The summed E-state index contributed by atoms with van der Waals surface area (Å²) < 4.78 is 2.23. The predicted octanol–water partition coefficient (Wildman–Crippen LogP) is 4.20. The minimum atomic E-state index is 0.0608. The monoisotopic (exact) mass is 337 g/mol. The van der Waals surface area contributed by atoms with Crippen molar-refractivity contribution in [2.75, 3.05) is 13.1 Å². The molecule has 0 unspecified atom stereocenters. The Morgan fingerprint density at radius 1 is 1.41 bits per heavy atom. The lowest BCUT2D eigenvalue weighted by atomic mass is 9.95. The highest BCUT2D eigenvalue weighted by atomic mass is 35.5. The number of carbonyl (C=O) groups is 1. The second-order valence-electron chi connectivity index (χ2n) is 5.95. The van der Waals surface area contributed by atoms with Crippen LogP contribution < -0.4 is 0 Å². The number of carbonyl (C=O) groups excluding carboxylic acids is 1. The summed E-state index contributed by atoms with van der Waals surface area (Å²) >= 11 is 7.49. The van der Waals surface area contributed by atoms with Gasteiger partial charge in [-0.15, -0.1) is 11.3 Å². The van der Waals surface area contributed by atoms with Gasteiger partial charge in [-0.1, -0.05) is 11.6 Å². The van der Waals surface area contributed by atoms with Crippen molar-refractivity contribution < 1.29 is 4.79 Å². The molecule has 2 aromatic rings. The van der Waals surface area contributed by atoms with Gasteiger partial charge >= 0.3 is 0 Å². The molecule has 3 heterocycles. The van der Waals surface area contributed by atoms with Crippen LogP contribution in [0.3, 0.4) is 0 Å². The van der Waals surface area contributed by atoms with E-state index < -0.39 is 0 Å². The smallest absolute Gasteiger partial charge is 0.265 e. The summed E-state index contributed by atoms with van der Waals surface area (Å²) in [5, 5.41) is 2.43. The van der Waals surface area contributed by atoms with Gasteiger partial charge in [0.2, 0.25) is 0 Å². The van der Waals surface area contributed by atoms with Crippen LogP contribution >= 0.6 is 22.9 Å². The third-order valence-corrected chi connectivity index (χ3v) is 5.54. The Bertz CT molecular complexity index is 656. The first-order valence-electron chi connectivity index (χ1n) is 7.63. The van der Waals surface area contributed by atoms with Crippen LogP contribution in [0.1, 0.15) is 54.1 Å². The van der Waals surface area contributed by atoms with Gasteiger partial charge in [0.1, 0.15) is 10.7 Å². The van der Waals surface area contributed by atoms with E-state index in [4.69, 9.17) is 11.6 Å². The number of thiophene rings is 1. The van der Waals surface area contributed by atoms with Crippen molar-refractivity contribution in [3.63, 3.8) is 0 Å². The maximum Gasteiger partial charge on any atom is 0.265 e. The number of halogens is 1. The largest absolute Gasteiger partial charge is 0.338 e. The zero-order valence-corrected chi connectivity index (χ0v) is 14.4. The molecule has 1 amide bonds. The topological polar surface area (TPSA) is 38.1 Å². The summed E-state index contributed by atoms with van der Waals surface area (Å²) in [6.45, 7) is 5.87. The minimum Gasteiger partial charge on any atom is -0.338 e. The first-order chi connectivity index (χ1) is 10.6. The molecule has 4 nitrogen and oxygen atoms in total. The summed E-state index contributed by atoms with van der Waals surface area (Å²) in [6.07, 6.45) is 5.83. The molecule has 0 bridgehead atoms. The van der Waals surface area contributed by atoms with Crippen molar-refractivity contribution >= 4 is 28.8 Å². The molecule has 1 fully saturated rings. The molecular formula is C16H20ClN3OS. The van der Waals surface area contributed by atoms with Crippen LogP contribution in [0, 0.1) is 0 Å². The van der Waals surface area contributed by atoms with E-state index in [2.05, 4.69) is 23.4 Å². The average molecular weight is 338 g/mol. The molecular weight excluding hydrogens is 318 g/mol. The summed E-state index contributed by atoms with van der Waals surface area (Å²) in [5.41, 5.74) is 0. The third kappa shape index (κ3) is 2.92. The number of likely N-dealkylation sites (tertiary alicyclic amines) is 1. The highest BCUT2D eigenvalue weighted by Crippen LogP contribution is 2.31. The van der Waals surface area contributed by atoms with E-state index in [-0.39, 0.29) is 5.91 Å². The van der Waals surface area contributed by atoms with Crippen LogP contribution in [0.25, 0.3) is 0 Å². The second kappa shape index (κ2) is 6.42. The fourth-order valence-corrected chi connectivity index (χ4v) is 4.11. The van der Waals surface area contributed by atoms with Crippen molar-refractivity contribution in [1.29, 1.82) is 0 Å². The van der Waals surface area contributed by atoms with Crippen LogP contribution in [-0.2, 0) is 0 Å². The molecule has 0 N–H and O–H groups in total. The zero-order valence-electron chi connectivity index (χ0n) is 12.8. The highest BCUT2D eigenvalue weighted by Gasteiger charge is 2.28. The first-order valence-corrected chi connectivity index (χ1v) is 8.88. The molecule has 0 spiro atoms. The summed E-state index contributed by atoms with van der Waals surface area (Å²) in [4.78, 5) is 19.6. The number of nitrogens with zero attached hydrogens (tertiary/aromatic N) is 3. The summed E-state index contributed by atoms with van der Waals surface area (Å²) in [5.74, 6) is 1.64. The van der Waals surface area contributed by atoms with Gasteiger partial charge in [-0.05, 0) is 38.1 Å². The van der Waals surface area contributed by atoms with E-state index >= 15 is 0 Å². The second-order valence-corrected chi connectivity index (χ2v) is 7.27. The van der Waals surface area contributed by atoms with Gasteiger partial charge in [0.05, 0.1) is 5.02 Å².